The van der Waals surface area contributed by atoms with Gasteiger partial charge in [-0.15, -0.1) is 0 Å². The highest BCUT2D eigenvalue weighted by atomic mass is 35.5. The molecule has 2 atom stereocenters. The third-order valence-electron chi connectivity index (χ3n) is 4.12. The van der Waals surface area contributed by atoms with E-state index >= 15 is 0 Å². The SMILES string of the molecule is OC1C2CCCC1CN(c1ccncc1Cl)C2. The van der Waals surface area contributed by atoms with Crippen molar-refractivity contribution in [3.8, 4) is 0 Å². The first-order chi connectivity index (χ1) is 8.25. The van der Waals surface area contributed by atoms with E-state index in [0.717, 1.165) is 31.6 Å². The van der Waals surface area contributed by atoms with Crippen molar-refractivity contribution in [2.45, 2.75) is 25.4 Å². The molecule has 0 aromatic carbocycles. The second kappa shape index (κ2) is 4.46. The minimum Gasteiger partial charge on any atom is -0.392 e. The average molecular weight is 253 g/mol. The fraction of sp³-hybridized carbons (Fsp3) is 0.615. The number of pyridine rings is 1. The summed E-state index contributed by atoms with van der Waals surface area (Å²) >= 11 is 6.18. The number of piperidine rings is 1. The van der Waals surface area contributed by atoms with Gasteiger partial charge in [-0.1, -0.05) is 18.0 Å². The van der Waals surface area contributed by atoms with Crippen molar-refractivity contribution in [2.75, 3.05) is 18.0 Å². The van der Waals surface area contributed by atoms with E-state index in [9.17, 15) is 5.11 Å². The molecule has 1 aliphatic heterocycles. The highest BCUT2D eigenvalue weighted by molar-refractivity contribution is 6.33. The third-order valence-corrected chi connectivity index (χ3v) is 4.41. The Morgan fingerprint density at radius 3 is 2.65 bits per heavy atom. The molecule has 2 aliphatic rings. The molecular formula is C13H17ClN2O. The maximum absolute atomic E-state index is 10.2. The number of aromatic nitrogens is 1. The van der Waals surface area contributed by atoms with Crippen LogP contribution in [-0.2, 0) is 0 Å². The molecule has 2 fully saturated rings. The highest BCUT2D eigenvalue weighted by Gasteiger charge is 2.38. The Morgan fingerprint density at radius 2 is 2.00 bits per heavy atom. The maximum Gasteiger partial charge on any atom is 0.0822 e. The monoisotopic (exact) mass is 252 g/mol. The number of hydrogen-bond donors (Lipinski definition) is 1. The zero-order valence-electron chi connectivity index (χ0n) is 9.72. The van der Waals surface area contributed by atoms with Crippen molar-refractivity contribution in [3.05, 3.63) is 23.5 Å². The van der Waals surface area contributed by atoms with Crippen LogP contribution in [-0.4, -0.2) is 29.3 Å². The first-order valence-corrected chi connectivity index (χ1v) is 6.66. The Morgan fingerprint density at radius 1 is 1.29 bits per heavy atom. The number of anilines is 1. The molecule has 2 bridgehead atoms. The zero-order valence-corrected chi connectivity index (χ0v) is 10.5. The van der Waals surface area contributed by atoms with Crippen LogP contribution in [0, 0.1) is 11.8 Å². The van der Waals surface area contributed by atoms with Crippen LogP contribution >= 0.6 is 11.6 Å². The van der Waals surface area contributed by atoms with Crippen LogP contribution in [0.4, 0.5) is 5.69 Å². The summed E-state index contributed by atoms with van der Waals surface area (Å²) in [7, 11) is 0. The van der Waals surface area contributed by atoms with Crippen molar-refractivity contribution < 1.29 is 5.11 Å². The molecule has 0 radical (unpaired) electrons. The number of rotatable bonds is 1. The van der Waals surface area contributed by atoms with Crippen molar-refractivity contribution in [3.63, 3.8) is 0 Å². The van der Waals surface area contributed by atoms with Gasteiger partial charge in [0.2, 0.25) is 0 Å². The van der Waals surface area contributed by atoms with Crippen molar-refractivity contribution in [2.24, 2.45) is 11.8 Å². The molecule has 1 aliphatic carbocycles. The number of aliphatic hydroxyl groups is 1. The second-order valence-electron chi connectivity index (χ2n) is 5.17. The topological polar surface area (TPSA) is 36.4 Å². The Bertz CT molecular complexity index is 398. The first-order valence-electron chi connectivity index (χ1n) is 6.28. The molecule has 92 valence electrons. The van der Waals surface area contributed by atoms with E-state index in [2.05, 4.69) is 9.88 Å². The molecule has 3 nitrogen and oxygen atoms in total. The largest absolute Gasteiger partial charge is 0.392 e. The standard InChI is InChI=1S/C13H17ClN2O/c14-11-6-15-5-4-12(11)16-7-9-2-1-3-10(8-16)13(9)17/h4-6,9-10,13,17H,1-3,7-8H2. The van der Waals surface area contributed by atoms with Crippen molar-refractivity contribution in [1.29, 1.82) is 0 Å². The summed E-state index contributed by atoms with van der Waals surface area (Å²) in [6.07, 6.45) is 6.89. The van der Waals surface area contributed by atoms with Gasteiger partial charge in [0.05, 0.1) is 16.8 Å². The van der Waals surface area contributed by atoms with Crippen LogP contribution in [0.5, 0.6) is 0 Å². The fourth-order valence-corrected chi connectivity index (χ4v) is 3.47. The molecular weight excluding hydrogens is 236 g/mol. The molecule has 2 heterocycles. The van der Waals surface area contributed by atoms with Crippen molar-refractivity contribution in [1.82, 2.24) is 4.98 Å². The van der Waals surface area contributed by atoms with Gasteiger partial charge in [0.25, 0.3) is 0 Å². The lowest BCUT2D eigenvalue weighted by atomic mass is 9.75. The van der Waals surface area contributed by atoms with E-state index in [1.807, 2.05) is 6.07 Å². The minimum atomic E-state index is -0.111. The molecule has 1 aromatic rings. The summed E-state index contributed by atoms with van der Waals surface area (Å²) < 4.78 is 0. The average Bonchev–Trinajstić information content (AvgIpc) is 2.29. The van der Waals surface area contributed by atoms with Crippen LogP contribution in [0.1, 0.15) is 19.3 Å². The van der Waals surface area contributed by atoms with E-state index in [1.54, 1.807) is 12.4 Å². The van der Waals surface area contributed by atoms with E-state index in [0.29, 0.717) is 16.9 Å². The number of halogens is 1. The Balaban J connectivity index is 1.85. The van der Waals surface area contributed by atoms with Crippen LogP contribution < -0.4 is 4.90 Å². The van der Waals surface area contributed by atoms with Crippen LogP contribution in [0.15, 0.2) is 18.5 Å². The summed E-state index contributed by atoms with van der Waals surface area (Å²) in [5.74, 6) is 0.818. The zero-order chi connectivity index (χ0) is 11.8. The molecule has 0 spiro atoms. The Hall–Kier alpha value is -0.800. The number of hydrogen-bond acceptors (Lipinski definition) is 3. The van der Waals surface area contributed by atoms with Crippen LogP contribution in [0.3, 0.4) is 0 Å². The Labute approximate surface area is 106 Å². The quantitative estimate of drug-likeness (QED) is 0.834. The van der Waals surface area contributed by atoms with Gasteiger partial charge in [-0.2, -0.15) is 0 Å². The summed E-state index contributed by atoms with van der Waals surface area (Å²) in [4.78, 5) is 6.33. The Kier molecular flexibility index (Phi) is 2.97. The third kappa shape index (κ3) is 2.02. The van der Waals surface area contributed by atoms with Gasteiger partial charge in [0.1, 0.15) is 0 Å². The van der Waals surface area contributed by atoms with E-state index in [4.69, 9.17) is 11.6 Å². The van der Waals surface area contributed by atoms with Gasteiger partial charge in [0, 0.05) is 37.3 Å². The molecule has 0 amide bonds. The highest BCUT2D eigenvalue weighted by Crippen LogP contribution is 2.38. The van der Waals surface area contributed by atoms with E-state index in [-0.39, 0.29) is 6.10 Å². The van der Waals surface area contributed by atoms with Crippen molar-refractivity contribution >= 4 is 17.3 Å². The molecule has 17 heavy (non-hydrogen) atoms. The summed E-state index contributed by atoms with van der Waals surface area (Å²) in [6.45, 7) is 1.84. The van der Waals surface area contributed by atoms with Gasteiger partial charge in [-0.25, -0.2) is 0 Å². The normalized spacial score (nSPS) is 32.6. The van der Waals surface area contributed by atoms with Crippen LogP contribution in [0.25, 0.3) is 0 Å². The smallest absolute Gasteiger partial charge is 0.0822 e. The maximum atomic E-state index is 10.2. The molecule has 1 saturated carbocycles. The fourth-order valence-electron chi connectivity index (χ4n) is 3.23. The summed E-state index contributed by atoms with van der Waals surface area (Å²) in [5.41, 5.74) is 1.06. The van der Waals surface area contributed by atoms with Gasteiger partial charge >= 0.3 is 0 Å². The number of fused-ring (bicyclic) bond motifs is 2. The molecule has 4 heteroatoms. The number of nitrogens with zero attached hydrogens (tertiary/aromatic N) is 2. The minimum absolute atomic E-state index is 0.111. The predicted octanol–water partition coefficient (Wildman–Crippen LogP) is 2.33. The second-order valence-corrected chi connectivity index (χ2v) is 5.58. The predicted molar refractivity (Wildman–Crippen MR) is 68.3 cm³/mol. The van der Waals surface area contributed by atoms with Crippen LogP contribution in [0.2, 0.25) is 5.02 Å². The van der Waals surface area contributed by atoms with E-state index < -0.39 is 0 Å². The van der Waals surface area contributed by atoms with Gasteiger partial charge in [-0.05, 0) is 18.9 Å². The van der Waals surface area contributed by atoms with Gasteiger partial charge in [-0.3, -0.25) is 4.98 Å². The lowest BCUT2D eigenvalue weighted by Gasteiger charge is -2.46. The molecule has 3 rings (SSSR count). The first kappa shape index (κ1) is 11.3. The molecule has 1 aromatic heterocycles. The lowest BCUT2D eigenvalue weighted by Crippen LogP contribution is -2.51. The van der Waals surface area contributed by atoms with Gasteiger partial charge < -0.3 is 10.0 Å². The lowest BCUT2D eigenvalue weighted by molar-refractivity contribution is 0.00599. The number of aliphatic hydroxyl groups excluding tert-OH is 1. The molecule has 2 unspecified atom stereocenters. The molecule has 1 saturated heterocycles. The van der Waals surface area contributed by atoms with E-state index in [1.165, 1.54) is 6.42 Å². The summed E-state index contributed by atoms with van der Waals surface area (Å²) in [5, 5.41) is 10.9. The molecule has 1 N–H and O–H groups in total. The van der Waals surface area contributed by atoms with Gasteiger partial charge in [0.15, 0.2) is 0 Å². The summed E-state index contributed by atoms with van der Waals surface area (Å²) in [6, 6.07) is 1.97.